The smallest absolute Gasteiger partial charge is 0.318 e. The van der Waals surface area contributed by atoms with Crippen LogP contribution >= 0.6 is 0 Å². The zero-order valence-corrected chi connectivity index (χ0v) is 6.09. The average Bonchev–Trinajstić information content (AvgIpc) is 2.35. The molecule has 5 nitrogen and oxygen atoms in total. The Hall–Kier alpha value is -1.10. The van der Waals surface area contributed by atoms with Crippen LogP contribution in [-0.2, 0) is 4.79 Å². The number of hydrogen-bond acceptors (Lipinski definition) is 3. The highest BCUT2D eigenvalue weighted by Gasteiger charge is 2.22. The molecule has 3 amide bonds. The molecular weight excluding hydrogens is 146 g/mol. The molecule has 0 saturated carbocycles. The molecule has 1 fully saturated rings. The van der Waals surface area contributed by atoms with Gasteiger partial charge in [0.25, 0.3) is 0 Å². The van der Waals surface area contributed by atoms with Crippen molar-refractivity contribution in [3.63, 3.8) is 0 Å². The topological polar surface area (TPSA) is 84.2 Å². The summed E-state index contributed by atoms with van der Waals surface area (Å²) < 4.78 is 0. The highest BCUT2D eigenvalue weighted by atomic mass is 16.2. The maximum atomic E-state index is 11.0. The van der Waals surface area contributed by atoms with Crippen molar-refractivity contribution in [1.82, 2.24) is 10.6 Å². The Morgan fingerprint density at radius 3 is 2.73 bits per heavy atom. The number of hydrogen-bond donors (Lipinski definition) is 3. The van der Waals surface area contributed by atoms with Crippen LogP contribution in [0.15, 0.2) is 0 Å². The molecule has 0 aromatic rings. The van der Waals surface area contributed by atoms with Crippen LogP contribution < -0.4 is 16.4 Å². The van der Waals surface area contributed by atoms with E-state index in [9.17, 15) is 9.59 Å². The van der Waals surface area contributed by atoms with Crippen LogP contribution in [0.25, 0.3) is 0 Å². The van der Waals surface area contributed by atoms with E-state index in [4.69, 9.17) is 5.73 Å². The molecule has 62 valence electrons. The minimum Gasteiger partial charge on any atom is -0.351 e. The highest BCUT2D eigenvalue weighted by Crippen LogP contribution is 2.03. The van der Waals surface area contributed by atoms with Gasteiger partial charge in [-0.05, 0) is 19.4 Å². The lowest BCUT2D eigenvalue weighted by atomic mass is 10.2. The Kier molecular flexibility index (Phi) is 2.43. The Balaban J connectivity index is 2.34. The summed E-state index contributed by atoms with van der Waals surface area (Å²) in [5.74, 6) is -0.324. The molecule has 1 unspecified atom stereocenters. The summed E-state index contributed by atoms with van der Waals surface area (Å²) in [5.41, 5.74) is 4.76. The number of amides is 3. The molecule has 0 bridgehead atoms. The first kappa shape index (κ1) is 8.00. The zero-order chi connectivity index (χ0) is 8.27. The number of imide groups is 1. The van der Waals surface area contributed by atoms with Gasteiger partial charge in [0.1, 0.15) is 0 Å². The molecule has 0 aromatic carbocycles. The number of nitrogens with one attached hydrogen (secondary N) is 2. The fourth-order valence-electron chi connectivity index (χ4n) is 1.12. The first-order valence-corrected chi connectivity index (χ1v) is 3.54. The molecule has 4 N–H and O–H groups in total. The predicted octanol–water partition coefficient (Wildman–Crippen LogP) is -1.07. The van der Waals surface area contributed by atoms with Crippen molar-refractivity contribution in [2.45, 2.75) is 18.9 Å². The molecule has 5 heteroatoms. The summed E-state index contributed by atoms with van der Waals surface area (Å²) >= 11 is 0. The number of urea groups is 1. The molecule has 1 rings (SSSR count). The van der Waals surface area contributed by atoms with Crippen LogP contribution in [0.3, 0.4) is 0 Å². The van der Waals surface area contributed by atoms with Gasteiger partial charge >= 0.3 is 6.03 Å². The first-order valence-electron chi connectivity index (χ1n) is 3.54. The monoisotopic (exact) mass is 157 g/mol. The van der Waals surface area contributed by atoms with E-state index in [1.807, 2.05) is 5.32 Å². The summed E-state index contributed by atoms with van der Waals surface area (Å²) in [6.07, 6.45) is 1.75. The van der Waals surface area contributed by atoms with E-state index in [1.165, 1.54) is 0 Å². The Labute approximate surface area is 64.3 Å². The van der Waals surface area contributed by atoms with Gasteiger partial charge in [-0.25, -0.2) is 4.79 Å². The lowest BCUT2D eigenvalue weighted by Gasteiger charge is -2.07. The minimum atomic E-state index is -0.788. The van der Waals surface area contributed by atoms with Gasteiger partial charge in [-0.1, -0.05) is 0 Å². The molecule has 1 heterocycles. The fraction of sp³-hybridized carbons (Fsp3) is 0.667. The van der Waals surface area contributed by atoms with E-state index in [-0.39, 0.29) is 11.9 Å². The number of rotatable bonds is 1. The van der Waals surface area contributed by atoms with E-state index < -0.39 is 6.03 Å². The minimum absolute atomic E-state index is 0.234. The first-order chi connectivity index (χ1) is 5.20. The van der Waals surface area contributed by atoms with E-state index in [0.717, 1.165) is 19.4 Å². The molecule has 0 spiro atoms. The van der Waals surface area contributed by atoms with Crippen LogP contribution in [0.2, 0.25) is 0 Å². The summed E-state index contributed by atoms with van der Waals surface area (Å²) in [5, 5.41) is 4.96. The average molecular weight is 157 g/mol. The number of primary amides is 1. The van der Waals surface area contributed by atoms with Crippen LogP contribution in [-0.4, -0.2) is 24.5 Å². The van der Waals surface area contributed by atoms with Gasteiger partial charge in [0.05, 0.1) is 6.04 Å². The normalized spacial score (nSPS) is 23.1. The molecule has 1 aliphatic heterocycles. The van der Waals surface area contributed by atoms with Crippen molar-refractivity contribution < 1.29 is 9.59 Å². The summed E-state index contributed by atoms with van der Waals surface area (Å²) in [6.45, 7) is 0.830. The van der Waals surface area contributed by atoms with Gasteiger partial charge in [0, 0.05) is 0 Å². The standard InChI is InChI=1S/C6H11N3O2/c7-6(11)9-5(10)4-2-1-3-8-4/h4,8H,1-3H2,(H3,7,9,10,11). The number of carbonyl (C=O) groups is 2. The molecule has 1 aliphatic rings. The summed E-state index contributed by atoms with van der Waals surface area (Å²) in [4.78, 5) is 21.2. The largest absolute Gasteiger partial charge is 0.351 e. The quantitative estimate of drug-likeness (QED) is 0.453. The SMILES string of the molecule is NC(=O)NC(=O)C1CCCN1. The van der Waals surface area contributed by atoms with Crippen molar-refractivity contribution in [3.05, 3.63) is 0 Å². The van der Waals surface area contributed by atoms with Crippen LogP contribution in [0.5, 0.6) is 0 Å². The second-order valence-corrected chi connectivity index (χ2v) is 2.50. The fourth-order valence-corrected chi connectivity index (χ4v) is 1.12. The molecule has 11 heavy (non-hydrogen) atoms. The molecule has 0 radical (unpaired) electrons. The molecule has 0 aliphatic carbocycles. The van der Waals surface area contributed by atoms with Crippen molar-refractivity contribution >= 4 is 11.9 Å². The second-order valence-electron chi connectivity index (χ2n) is 2.50. The van der Waals surface area contributed by atoms with Crippen molar-refractivity contribution in [2.24, 2.45) is 5.73 Å². The second kappa shape index (κ2) is 3.34. The Morgan fingerprint density at radius 2 is 2.27 bits per heavy atom. The summed E-state index contributed by atoms with van der Waals surface area (Å²) in [7, 11) is 0. The molecule has 1 saturated heterocycles. The Bertz CT molecular complexity index is 175. The van der Waals surface area contributed by atoms with Gasteiger partial charge in [-0.3, -0.25) is 10.1 Å². The number of carbonyl (C=O) groups excluding carboxylic acids is 2. The van der Waals surface area contributed by atoms with Crippen LogP contribution in [0, 0.1) is 0 Å². The molecule has 0 aromatic heterocycles. The highest BCUT2D eigenvalue weighted by molar-refractivity contribution is 5.96. The third-order valence-corrected chi connectivity index (χ3v) is 1.62. The van der Waals surface area contributed by atoms with Gasteiger partial charge in [-0.2, -0.15) is 0 Å². The maximum Gasteiger partial charge on any atom is 0.318 e. The third-order valence-electron chi connectivity index (χ3n) is 1.62. The van der Waals surface area contributed by atoms with E-state index in [1.54, 1.807) is 0 Å². The maximum absolute atomic E-state index is 11.0. The van der Waals surface area contributed by atoms with E-state index >= 15 is 0 Å². The van der Waals surface area contributed by atoms with Crippen molar-refractivity contribution in [1.29, 1.82) is 0 Å². The van der Waals surface area contributed by atoms with Crippen molar-refractivity contribution in [2.75, 3.05) is 6.54 Å². The third kappa shape index (κ3) is 2.19. The molecular formula is C6H11N3O2. The lowest BCUT2D eigenvalue weighted by molar-refractivity contribution is -0.121. The number of nitrogens with two attached hydrogens (primary N) is 1. The van der Waals surface area contributed by atoms with Crippen molar-refractivity contribution in [3.8, 4) is 0 Å². The zero-order valence-electron chi connectivity index (χ0n) is 6.09. The van der Waals surface area contributed by atoms with Gasteiger partial charge in [0.15, 0.2) is 0 Å². The van der Waals surface area contributed by atoms with E-state index in [2.05, 4.69) is 5.32 Å². The molecule has 1 atom stereocenters. The van der Waals surface area contributed by atoms with E-state index in [0.29, 0.717) is 0 Å². The Morgan fingerprint density at radius 1 is 1.55 bits per heavy atom. The van der Waals surface area contributed by atoms with Gasteiger partial charge in [0.2, 0.25) is 5.91 Å². The van der Waals surface area contributed by atoms with Crippen LogP contribution in [0.1, 0.15) is 12.8 Å². The van der Waals surface area contributed by atoms with Gasteiger partial charge in [-0.15, -0.1) is 0 Å². The predicted molar refractivity (Wildman–Crippen MR) is 38.8 cm³/mol. The lowest BCUT2D eigenvalue weighted by Crippen LogP contribution is -2.45. The van der Waals surface area contributed by atoms with Gasteiger partial charge < -0.3 is 11.1 Å². The van der Waals surface area contributed by atoms with Crippen LogP contribution in [0.4, 0.5) is 4.79 Å². The summed E-state index contributed by atoms with van der Waals surface area (Å²) in [6, 6.07) is -1.02.